The lowest BCUT2D eigenvalue weighted by Crippen LogP contribution is -2.34. The van der Waals surface area contributed by atoms with Gasteiger partial charge < -0.3 is 5.73 Å². The first-order chi connectivity index (χ1) is 8.91. The first-order valence-electron chi connectivity index (χ1n) is 6.73. The molecule has 0 bridgehead atoms. The van der Waals surface area contributed by atoms with Crippen molar-refractivity contribution >= 4 is 10.0 Å². The Kier molecular flexibility index (Phi) is 4.28. The Labute approximate surface area is 115 Å². The molecular formula is C14H22N2O2S. The minimum absolute atomic E-state index is 0.160. The van der Waals surface area contributed by atoms with Crippen LogP contribution in [0.25, 0.3) is 0 Å². The predicted molar refractivity (Wildman–Crippen MR) is 76.2 cm³/mol. The summed E-state index contributed by atoms with van der Waals surface area (Å²) in [5, 5.41) is 0. The molecule has 4 nitrogen and oxygen atoms in total. The molecule has 1 aromatic carbocycles. The molecule has 2 N–H and O–H groups in total. The van der Waals surface area contributed by atoms with Gasteiger partial charge in [-0.3, -0.25) is 0 Å². The van der Waals surface area contributed by atoms with E-state index in [9.17, 15) is 8.42 Å². The van der Waals surface area contributed by atoms with Gasteiger partial charge in [-0.2, -0.15) is 0 Å². The van der Waals surface area contributed by atoms with E-state index < -0.39 is 10.0 Å². The Morgan fingerprint density at radius 3 is 2.63 bits per heavy atom. The van der Waals surface area contributed by atoms with Crippen molar-refractivity contribution < 1.29 is 8.42 Å². The quantitative estimate of drug-likeness (QED) is 0.900. The summed E-state index contributed by atoms with van der Waals surface area (Å²) >= 11 is 0. The number of nitrogens with two attached hydrogens (primary N) is 1. The number of rotatable bonds is 5. The largest absolute Gasteiger partial charge is 0.324 e. The van der Waals surface area contributed by atoms with E-state index >= 15 is 0 Å². The molecule has 1 aliphatic carbocycles. The minimum Gasteiger partial charge on any atom is -0.324 e. The van der Waals surface area contributed by atoms with Crippen molar-refractivity contribution in [1.82, 2.24) is 4.31 Å². The van der Waals surface area contributed by atoms with Crippen LogP contribution in [-0.2, 0) is 10.0 Å². The maximum Gasteiger partial charge on any atom is 0.242 e. The molecule has 1 atom stereocenters. The molecule has 0 amide bonds. The lowest BCUT2D eigenvalue weighted by molar-refractivity contribution is 0.263. The monoisotopic (exact) mass is 282 g/mol. The third-order valence-electron chi connectivity index (χ3n) is 3.83. The molecule has 1 fully saturated rings. The van der Waals surface area contributed by atoms with Crippen molar-refractivity contribution in [3.63, 3.8) is 0 Å². The molecule has 19 heavy (non-hydrogen) atoms. The highest BCUT2D eigenvalue weighted by Crippen LogP contribution is 2.28. The summed E-state index contributed by atoms with van der Waals surface area (Å²) in [5.41, 5.74) is 6.65. The second kappa shape index (κ2) is 5.61. The van der Waals surface area contributed by atoms with Gasteiger partial charge in [-0.1, -0.05) is 18.6 Å². The van der Waals surface area contributed by atoms with Crippen LogP contribution in [0.4, 0.5) is 0 Å². The van der Waals surface area contributed by atoms with E-state index in [1.165, 1.54) is 10.7 Å². The molecule has 1 saturated carbocycles. The Balaban J connectivity index is 2.20. The molecule has 5 heteroatoms. The first kappa shape index (κ1) is 14.5. The maximum absolute atomic E-state index is 12.5. The number of benzene rings is 1. The third-order valence-corrected chi connectivity index (χ3v) is 5.65. The zero-order valence-electron chi connectivity index (χ0n) is 11.5. The summed E-state index contributed by atoms with van der Waals surface area (Å²) < 4.78 is 26.4. The average molecular weight is 282 g/mol. The van der Waals surface area contributed by atoms with E-state index in [0.29, 0.717) is 17.4 Å². The fraction of sp³-hybridized carbons (Fsp3) is 0.571. The number of hydrogen-bond acceptors (Lipinski definition) is 3. The Morgan fingerprint density at radius 2 is 2.11 bits per heavy atom. The van der Waals surface area contributed by atoms with E-state index in [1.54, 1.807) is 25.2 Å². The predicted octanol–water partition coefficient (Wildman–Crippen LogP) is 2.13. The van der Waals surface area contributed by atoms with Gasteiger partial charge in [-0.15, -0.1) is 0 Å². The van der Waals surface area contributed by atoms with Gasteiger partial charge >= 0.3 is 0 Å². The normalized spacial score (nSPS) is 18.3. The van der Waals surface area contributed by atoms with Crippen molar-refractivity contribution in [1.29, 1.82) is 0 Å². The molecule has 1 aliphatic rings. The van der Waals surface area contributed by atoms with Gasteiger partial charge in [0.25, 0.3) is 0 Å². The first-order valence-corrected chi connectivity index (χ1v) is 8.17. The van der Waals surface area contributed by atoms with E-state index in [4.69, 9.17) is 5.73 Å². The zero-order chi connectivity index (χ0) is 14.0. The van der Waals surface area contributed by atoms with Crippen LogP contribution in [-0.4, -0.2) is 26.3 Å². The molecule has 0 radical (unpaired) electrons. The van der Waals surface area contributed by atoms with Crippen molar-refractivity contribution in [3.05, 3.63) is 29.8 Å². The molecule has 0 spiro atoms. The maximum atomic E-state index is 12.5. The van der Waals surface area contributed by atoms with Gasteiger partial charge in [-0.25, -0.2) is 12.7 Å². The number of sulfonamides is 1. The highest BCUT2D eigenvalue weighted by molar-refractivity contribution is 7.89. The highest BCUT2D eigenvalue weighted by Gasteiger charge is 2.26. The van der Waals surface area contributed by atoms with Gasteiger partial charge in [0.1, 0.15) is 0 Å². The van der Waals surface area contributed by atoms with Crippen LogP contribution in [0.1, 0.15) is 37.8 Å². The van der Waals surface area contributed by atoms with Gasteiger partial charge in [0.15, 0.2) is 0 Å². The molecule has 1 aromatic rings. The summed E-state index contributed by atoms with van der Waals surface area (Å²) in [7, 11) is -1.73. The SMILES string of the molecule is CC(N)c1cccc(S(=O)(=O)N(C)CC2CCC2)c1. The van der Waals surface area contributed by atoms with Gasteiger partial charge in [0.05, 0.1) is 4.90 Å². The summed E-state index contributed by atoms with van der Waals surface area (Å²) in [5.74, 6) is 0.524. The van der Waals surface area contributed by atoms with Crippen LogP contribution in [0, 0.1) is 5.92 Å². The summed E-state index contributed by atoms with van der Waals surface area (Å²) in [6.45, 7) is 2.47. The summed E-state index contributed by atoms with van der Waals surface area (Å²) in [6, 6.07) is 6.76. The van der Waals surface area contributed by atoms with Gasteiger partial charge in [0.2, 0.25) is 10.0 Å². The lowest BCUT2D eigenvalue weighted by Gasteiger charge is -2.29. The lowest BCUT2D eigenvalue weighted by atomic mass is 9.86. The smallest absolute Gasteiger partial charge is 0.242 e. The minimum atomic E-state index is -3.39. The Bertz CT molecular complexity index is 536. The Hall–Kier alpha value is -0.910. The van der Waals surface area contributed by atoms with Crippen molar-refractivity contribution in [2.24, 2.45) is 11.7 Å². The second-order valence-electron chi connectivity index (χ2n) is 5.44. The molecule has 106 valence electrons. The fourth-order valence-corrected chi connectivity index (χ4v) is 3.58. The van der Waals surface area contributed by atoms with Crippen LogP contribution in [0.5, 0.6) is 0 Å². The number of nitrogens with zero attached hydrogens (tertiary/aromatic N) is 1. The van der Waals surface area contributed by atoms with Crippen LogP contribution < -0.4 is 5.73 Å². The standard InChI is InChI=1S/C14H22N2O2S/c1-11(15)13-7-4-8-14(9-13)19(17,18)16(2)10-12-5-3-6-12/h4,7-9,11-12H,3,5-6,10,15H2,1-2H3. The zero-order valence-corrected chi connectivity index (χ0v) is 12.4. The average Bonchev–Trinajstić information content (AvgIpc) is 2.33. The van der Waals surface area contributed by atoms with E-state index in [-0.39, 0.29) is 6.04 Å². The van der Waals surface area contributed by atoms with Crippen molar-refractivity contribution in [3.8, 4) is 0 Å². The van der Waals surface area contributed by atoms with Crippen molar-refractivity contribution in [2.75, 3.05) is 13.6 Å². The Morgan fingerprint density at radius 1 is 1.42 bits per heavy atom. The van der Waals surface area contributed by atoms with Gasteiger partial charge in [-0.05, 0) is 43.4 Å². The molecule has 0 heterocycles. The van der Waals surface area contributed by atoms with E-state index in [2.05, 4.69) is 0 Å². The van der Waals surface area contributed by atoms with Crippen molar-refractivity contribution in [2.45, 2.75) is 37.1 Å². The third kappa shape index (κ3) is 3.16. The van der Waals surface area contributed by atoms with Crippen LogP contribution in [0.3, 0.4) is 0 Å². The summed E-state index contributed by atoms with van der Waals surface area (Å²) in [6.07, 6.45) is 3.50. The molecule has 0 aromatic heterocycles. The van der Waals surface area contributed by atoms with Crippen LogP contribution in [0.15, 0.2) is 29.2 Å². The molecule has 0 aliphatic heterocycles. The molecule has 2 rings (SSSR count). The number of hydrogen-bond donors (Lipinski definition) is 1. The fourth-order valence-electron chi connectivity index (χ4n) is 2.28. The topological polar surface area (TPSA) is 63.4 Å². The van der Waals surface area contributed by atoms with E-state index in [1.807, 2.05) is 13.0 Å². The summed E-state index contributed by atoms with van der Waals surface area (Å²) in [4.78, 5) is 0.337. The highest BCUT2D eigenvalue weighted by atomic mass is 32.2. The molecule has 1 unspecified atom stereocenters. The molecule has 0 saturated heterocycles. The van der Waals surface area contributed by atoms with Gasteiger partial charge in [0, 0.05) is 19.6 Å². The van der Waals surface area contributed by atoms with Crippen LogP contribution >= 0.6 is 0 Å². The van der Waals surface area contributed by atoms with E-state index in [0.717, 1.165) is 18.4 Å². The second-order valence-corrected chi connectivity index (χ2v) is 7.49. The molecular weight excluding hydrogens is 260 g/mol. The van der Waals surface area contributed by atoms with Crippen LogP contribution in [0.2, 0.25) is 0 Å².